The summed E-state index contributed by atoms with van der Waals surface area (Å²) in [6.07, 6.45) is 1.49. The molecule has 6 nitrogen and oxygen atoms in total. The fraction of sp³-hybridized carbons (Fsp3) is 0.0556. The minimum atomic E-state index is 0.513. The van der Waals surface area contributed by atoms with Crippen molar-refractivity contribution in [2.45, 2.75) is 0 Å². The van der Waals surface area contributed by atoms with Crippen LogP contribution < -0.4 is 10.1 Å². The highest BCUT2D eigenvalue weighted by Crippen LogP contribution is 2.31. The highest BCUT2D eigenvalue weighted by molar-refractivity contribution is 5.94. The Morgan fingerprint density at radius 3 is 2.71 bits per heavy atom. The average Bonchev–Trinajstić information content (AvgIpc) is 3.08. The van der Waals surface area contributed by atoms with Gasteiger partial charge in [-0.1, -0.05) is 41.6 Å². The predicted octanol–water partition coefficient (Wildman–Crippen LogP) is 4.04. The van der Waals surface area contributed by atoms with Crippen LogP contribution in [0.1, 0.15) is 0 Å². The van der Waals surface area contributed by atoms with Crippen LogP contribution >= 0.6 is 0 Å². The molecule has 0 aliphatic heterocycles. The molecular formula is C18H14N4O2. The monoisotopic (exact) mass is 318 g/mol. The van der Waals surface area contributed by atoms with E-state index in [0.717, 1.165) is 17.0 Å². The molecule has 0 unspecified atom stereocenters. The Hall–Kier alpha value is -3.41. The van der Waals surface area contributed by atoms with Gasteiger partial charge in [-0.25, -0.2) is 9.97 Å². The average molecular weight is 318 g/mol. The van der Waals surface area contributed by atoms with Crippen LogP contribution in [-0.4, -0.2) is 22.2 Å². The zero-order valence-electron chi connectivity index (χ0n) is 12.9. The predicted molar refractivity (Wildman–Crippen MR) is 91.3 cm³/mol. The lowest BCUT2D eigenvalue weighted by Gasteiger charge is -2.06. The largest absolute Gasteiger partial charge is 0.497 e. The lowest BCUT2D eigenvalue weighted by Crippen LogP contribution is -1.95. The molecule has 0 bridgehead atoms. The molecule has 6 heteroatoms. The first kappa shape index (κ1) is 14.2. The van der Waals surface area contributed by atoms with E-state index in [2.05, 4.69) is 20.4 Å². The van der Waals surface area contributed by atoms with E-state index < -0.39 is 0 Å². The smallest absolute Gasteiger partial charge is 0.228 e. The van der Waals surface area contributed by atoms with Gasteiger partial charge in [0.15, 0.2) is 5.82 Å². The van der Waals surface area contributed by atoms with Crippen LogP contribution in [0.2, 0.25) is 0 Å². The van der Waals surface area contributed by atoms with E-state index in [0.29, 0.717) is 22.6 Å². The third-order valence-electron chi connectivity index (χ3n) is 3.64. The molecule has 2 heterocycles. The summed E-state index contributed by atoms with van der Waals surface area (Å²) in [5, 5.41) is 7.38. The number of anilines is 2. The molecule has 0 aliphatic carbocycles. The van der Waals surface area contributed by atoms with Crippen LogP contribution in [0, 0.1) is 0 Å². The number of fused-ring (bicyclic) bond motifs is 1. The Labute approximate surface area is 138 Å². The zero-order chi connectivity index (χ0) is 16.4. The molecule has 2 aromatic carbocycles. The van der Waals surface area contributed by atoms with Crippen molar-refractivity contribution in [1.82, 2.24) is 15.1 Å². The Bertz CT molecular complexity index is 983. The summed E-state index contributed by atoms with van der Waals surface area (Å²) in [7, 11) is 1.63. The number of benzene rings is 2. The van der Waals surface area contributed by atoms with Gasteiger partial charge in [0.1, 0.15) is 23.3 Å². The van der Waals surface area contributed by atoms with Crippen LogP contribution in [0.25, 0.3) is 22.4 Å². The lowest BCUT2D eigenvalue weighted by molar-refractivity contribution is 0.415. The highest BCUT2D eigenvalue weighted by atomic mass is 16.5. The van der Waals surface area contributed by atoms with Gasteiger partial charge in [-0.3, -0.25) is 0 Å². The number of ether oxygens (including phenoxy) is 1. The second-order valence-electron chi connectivity index (χ2n) is 5.15. The summed E-state index contributed by atoms with van der Waals surface area (Å²) in [4.78, 5) is 8.59. The second kappa shape index (κ2) is 6.00. The molecule has 0 fully saturated rings. The van der Waals surface area contributed by atoms with Crippen molar-refractivity contribution in [1.29, 1.82) is 0 Å². The van der Waals surface area contributed by atoms with E-state index in [-0.39, 0.29) is 0 Å². The maximum atomic E-state index is 5.49. The topological polar surface area (TPSA) is 73.1 Å². The van der Waals surface area contributed by atoms with Crippen LogP contribution in [-0.2, 0) is 0 Å². The Morgan fingerprint density at radius 2 is 1.88 bits per heavy atom. The van der Waals surface area contributed by atoms with E-state index in [9.17, 15) is 0 Å². The van der Waals surface area contributed by atoms with Gasteiger partial charge in [-0.2, -0.15) is 0 Å². The molecule has 4 rings (SSSR count). The molecule has 0 spiro atoms. The van der Waals surface area contributed by atoms with Gasteiger partial charge < -0.3 is 14.6 Å². The standard InChI is InChI=1S/C18H14N4O2/c1-23-14-9-5-8-13(10-14)21-18-17-16(19-11-20-18)15(22-24-17)12-6-3-2-4-7-12/h2-11H,1H3,(H,19,20,21). The SMILES string of the molecule is COc1cccc(Nc2ncnc3c(-c4ccccc4)noc23)c1. The van der Waals surface area contributed by atoms with Crippen molar-refractivity contribution in [3.8, 4) is 17.0 Å². The molecule has 0 saturated heterocycles. The van der Waals surface area contributed by atoms with E-state index in [1.54, 1.807) is 7.11 Å². The normalized spacial score (nSPS) is 10.7. The molecule has 0 saturated carbocycles. The Kier molecular flexibility index (Phi) is 3.55. The van der Waals surface area contributed by atoms with Crippen molar-refractivity contribution in [3.05, 3.63) is 60.9 Å². The number of nitrogens with one attached hydrogen (secondary N) is 1. The molecule has 2 aromatic heterocycles. The number of rotatable bonds is 4. The fourth-order valence-electron chi connectivity index (χ4n) is 2.48. The number of aromatic nitrogens is 3. The lowest BCUT2D eigenvalue weighted by atomic mass is 10.1. The minimum absolute atomic E-state index is 0.513. The number of hydrogen-bond donors (Lipinski definition) is 1. The molecule has 0 atom stereocenters. The van der Waals surface area contributed by atoms with E-state index >= 15 is 0 Å². The van der Waals surface area contributed by atoms with Crippen molar-refractivity contribution in [2.24, 2.45) is 0 Å². The minimum Gasteiger partial charge on any atom is -0.497 e. The van der Waals surface area contributed by atoms with E-state index in [1.165, 1.54) is 6.33 Å². The molecule has 118 valence electrons. The first-order chi connectivity index (χ1) is 11.8. The number of methoxy groups -OCH3 is 1. The van der Waals surface area contributed by atoms with Gasteiger partial charge in [0, 0.05) is 17.3 Å². The van der Waals surface area contributed by atoms with Crippen molar-refractivity contribution < 1.29 is 9.26 Å². The second-order valence-corrected chi connectivity index (χ2v) is 5.15. The molecule has 0 amide bonds. The van der Waals surface area contributed by atoms with E-state index in [1.807, 2.05) is 54.6 Å². The molecule has 4 aromatic rings. The van der Waals surface area contributed by atoms with Gasteiger partial charge >= 0.3 is 0 Å². The number of nitrogens with zero attached hydrogens (tertiary/aromatic N) is 3. The fourth-order valence-corrected chi connectivity index (χ4v) is 2.48. The van der Waals surface area contributed by atoms with E-state index in [4.69, 9.17) is 9.26 Å². The quantitative estimate of drug-likeness (QED) is 0.612. The number of hydrogen-bond acceptors (Lipinski definition) is 6. The van der Waals surface area contributed by atoms with Crippen LogP contribution in [0.15, 0.2) is 65.4 Å². The summed E-state index contributed by atoms with van der Waals surface area (Å²) in [5.41, 5.74) is 3.66. The van der Waals surface area contributed by atoms with Crippen molar-refractivity contribution in [3.63, 3.8) is 0 Å². The van der Waals surface area contributed by atoms with Gasteiger partial charge in [-0.15, -0.1) is 0 Å². The summed E-state index contributed by atoms with van der Waals surface area (Å²) >= 11 is 0. The van der Waals surface area contributed by atoms with Gasteiger partial charge in [0.2, 0.25) is 5.58 Å². The Morgan fingerprint density at radius 1 is 1.00 bits per heavy atom. The van der Waals surface area contributed by atoms with Crippen LogP contribution in [0.5, 0.6) is 5.75 Å². The molecule has 24 heavy (non-hydrogen) atoms. The maximum absolute atomic E-state index is 5.49. The third kappa shape index (κ3) is 2.54. The Balaban J connectivity index is 1.76. The van der Waals surface area contributed by atoms with Crippen molar-refractivity contribution >= 4 is 22.6 Å². The molecule has 0 radical (unpaired) electrons. The summed E-state index contributed by atoms with van der Waals surface area (Å²) in [6, 6.07) is 17.4. The summed E-state index contributed by atoms with van der Waals surface area (Å²) in [5.74, 6) is 1.32. The molecule has 0 aliphatic rings. The highest BCUT2D eigenvalue weighted by Gasteiger charge is 2.16. The van der Waals surface area contributed by atoms with Crippen LogP contribution in [0.4, 0.5) is 11.5 Å². The molecular weight excluding hydrogens is 304 g/mol. The third-order valence-corrected chi connectivity index (χ3v) is 3.64. The van der Waals surface area contributed by atoms with Gasteiger partial charge in [0.05, 0.1) is 7.11 Å². The van der Waals surface area contributed by atoms with Gasteiger partial charge in [-0.05, 0) is 12.1 Å². The first-order valence-electron chi connectivity index (χ1n) is 7.42. The first-order valence-corrected chi connectivity index (χ1v) is 7.42. The van der Waals surface area contributed by atoms with Gasteiger partial charge in [0.25, 0.3) is 0 Å². The summed E-state index contributed by atoms with van der Waals surface area (Å²) in [6.45, 7) is 0. The zero-order valence-corrected chi connectivity index (χ0v) is 12.9. The summed E-state index contributed by atoms with van der Waals surface area (Å²) < 4.78 is 10.7. The van der Waals surface area contributed by atoms with Crippen LogP contribution in [0.3, 0.4) is 0 Å². The molecule has 1 N–H and O–H groups in total. The van der Waals surface area contributed by atoms with Crippen molar-refractivity contribution in [2.75, 3.05) is 12.4 Å². The maximum Gasteiger partial charge on any atom is 0.228 e.